The summed E-state index contributed by atoms with van der Waals surface area (Å²) in [5.74, 6) is -5.52. The van der Waals surface area contributed by atoms with Crippen LogP contribution in [-0.4, -0.2) is 30.9 Å². The third-order valence-corrected chi connectivity index (χ3v) is 8.82. The first-order valence-electron chi connectivity index (χ1n) is 5.98. The van der Waals surface area contributed by atoms with Crippen LogP contribution in [0.15, 0.2) is 0 Å². The van der Waals surface area contributed by atoms with Gasteiger partial charge in [-0.25, -0.2) is 17.6 Å². The summed E-state index contributed by atoms with van der Waals surface area (Å²) in [7, 11) is -3.57. The fourth-order valence-corrected chi connectivity index (χ4v) is 4.85. The standard InChI is InChI=1S/C12H18F4O2Si2/c1-17-19(3,4)11-7(13)9(15)12(10(16)8(11)14)20(5,6)18-2/h1-6H3. The second kappa shape index (κ2) is 5.59. The fraction of sp³-hybridized carbons (Fsp3) is 0.500. The Morgan fingerprint density at radius 2 is 0.800 bits per heavy atom. The summed E-state index contributed by atoms with van der Waals surface area (Å²) < 4.78 is 66.9. The second-order valence-corrected chi connectivity index (χ2v) is 13.3. The molecule has 1 aromatic carbocycles. The average Bonchev–Trinajstić information content (AvgIpc) is 2.36. The van der Waals surface area contributed by atoms with Crippen molar-refractivity contribution in [2.24, 2.45) is 0 Å². The van der Waals surface area contributed by atoms with Crippen LogP contribution in [0.4, 0.5) is 17.6 Å². The third-order valence-electron chi connectivity index (χ3n) is 3.49. The number of hydrogen-bond acceptors (Lipinski definition) is 2. The van der Waals surface area contributed by atoms with Gasteiger partial charge in [0.1, 0.15) is 0 Å². The number of rotatable bonds is 4. The van der Waals surface area contributed by atoms with Gasteiger partial charge in [0.25, 0.3) is 0 Å². The Morgan fingerprint density at radius 3 is 0.950 bits per heavy atom. The average molecular weight is 326 g/mol. The second-order valence-electron chi connectivity index (χ2n) is 5.43. The lowest BCUT2D eigenvalue weighted by atomic mass is 10.3. The SMILES string of the molecule is CO[Si](C)(C)c1c(F)c(F)c([Si](C)(C)OC)c(F)c1F. The molecule has 1 rings (SSSR count). The minimum atomic E-state index is -3.05. The molecule has 0 unspecified atom stereocenters. The van der Waals surface area contributed by atoms with E-state index in [1.54, 1.807) is 0 Å². The van der Waals surface area contributed by atoms with Gasteiger partial charge in [0.2, 0.25) is 16.6 Å². The molecule has 0 aliphatic heterocycles. The quantitative estimate of drug-likeness (QED) is 0.480. The van der Waals surface area contributed by atoms with Gasteiger partial charge in [-0.2, -0.15) is 0 Å². The van der Waals surface area contributed by atoms with Crippen LogP contribution in [0.25, 0.3) is 0 Å². The van der Waals surface area contributed by atoms with Gasteiger partial charge in [0, 0.05) is 24.6 Å². The lowest BCUT2D eigenvalue weighted by molar-refractivity contribution is 0.399. The van der Waals surface area contributed by atoms with Crippen molar-refractivity contribution in [2.75, 3.05) is 14.2 Å². The van der Waals surface area contributed by atoms with Crippen molar-refractivity contribution in [3.8, 4) is 0 Å². The first kappa shape index (κ1) is 17.3. The summed E-state index contributed by atoms with van der Waals surface area (Å²) in [5.41, 5.74) is 0. The molecule has 0 spiro atoms. The number of benzene rings is 1. The zero-order chi connectivity index (χ0) is 15.9. The summed E-state index contributed by atoms with van der Waals surface area (Å²) in [6.45, 7) is 5.86. The zero-order valence-corrected chi connectivity index (χ0v) is 14.3. The van der Waals surface area contributed by atoms with Gasteiger partial charge in [-0.05, 0) is 26.2 Å². The van der Waals surface area contributed by atoms with E-state index in [0.717, 1.165) is 0 Å². The van der Waals surface area contributed by atoms with Crippen LogP contribution < -0.4 is 10.4 Å². The summed E-state index contributed by atoms with van der Waals surface area (Å²) in [6, 6.07) is 0. The molecule has 0 radical (unpaired) electrons. The molecule has 0 aliphatic rings. The monoisotopic (exact) mass is 326 g/mol. The van der Waals surface area contributed by atoms with Crippen LogP contribution in [0.5, 0.6) is 0 Å². The Labute approximate surface area is 118 Å². The molecule has 0 amide bonds. The molecular weight excluding hydrogens is 308 g/mol. The Bertz CT molecular complexity index is 457. The van der Waals surface area contributed by atoms with Gasteiger partial charge in [0.15, 0.2) is 23.3 Å². The van der Waals surface area contributed by atoms with Crippen molar-refractivity contribution in [3.05, 3.63) is 23.3 Å². The lowest BCUT2D eigenvalue weighted by Crippen LogP contribution is -2.55. The summed E-state index contributed by atoms with van der Waals surface area (Å²) >= 11 is 0. The van der Waals surface area contributed by atoms with Crippen LogP contribution in [0, 0.1) is 23.3 Å². The topological polar surface area (TPSA) is 18.5 Å². The smallest absolute Gasteiger partial charge is 0.224 e. The van der Waals surface area contributed by atoms with E-state index in [2.05, 4.69) is 0 Å². The molecule has 8 heteroatoms. The van der Waals surface area contributed by atoms with E-state index >= 15 is 0 Å². The van der Waals surface area contributed by atoms with Crippen LogP contribution in [-0.2, 0) is 8.85 Å². The van der Waals surface area contributed by atoms with Gasteiger partial charge in [-0.3, -0.25) is 0 Å². The molecule has 0 aromatic heterocycles. The van der Waals surface area contributed by atoms with Crippen molar-refractivity contribution in [3.63, 3.8) is 0 Å². The van der Waals surface area contributed by atoms with Gasteiger partial charge in [-0.15, -0.1) is 0 Å². The van der Waals surface area contributed by atoms with E-state index in [-0.39, 0.29) is 0 Å². The predicted octanol–water partition coefficient (Wildman–Crippen LogP) is 2.36. The van der Waals surface area contributed by atoms with E-state index in [1.165, 1.54) is 40.4 Å². The van der Waals surface area contributed by atoms with Gasteiger partial charge in [-0.1, -0.05) is 0 Å². The molecule has 0 heterocycles. The van der Waals surface area contributed by atoms with Crippen LogP contribution >= 0.6 is 0 Å². The van der Waals surface area contributed by atoms with Gasteiger partial charge < -0.3 is 8.85 Å². The highest BCUT2D eigenvalue weighted by Crippen LogP contribution is 2.19. The van der Waals surface area contributed by atoms with Gasteiger partial charge >= 0.3 is 0 Å². The minimum absolute atomic E-state index is 0.625. The molecule has 114 valence electrons. The van der Waals surface area contributed by atoms with Crippen LogP contribution in [0.1, 0.15) is 0 Å². The van der Waals surface area contributed by atoms with E-state index in [4.69, 9.17) is 8.85 Å². The van der Waals surface area contributed by atoms with E-state index in [1.807, 2.05) is 0 Å². The maximum absolute atomic E-state index is 14.2. The summed E-state index contributed by atoms with van der Waals surface area (Å²) in [5, 5.41) is -1.25. The summed E-state index contributed by atoms with van der Waals surface area (Å²) in [4.78, 5) is 0. The first-order valence-corrected chi connectivity index (χ1v) is 11.8. The molecular formula is C12H18F4O2Si2. The van der Waals surface area contributed by atoms with Crippen molar-refractivity contribution in [1.29, 1.82) is 0 Å². The van der Waals surface area contributed by atoms with Crippen molar-refractivity contribution < 1.29 is 26.4 Å². The van der Waals surface area contributed by atoms with Crippen molar-refractivity contribution in [2.45, 2.75) is 26.2 Å². The van der Waals surface area contributed by atoms with Crippen molar-refractivity contribution in [1.82, 2.24) is 0 Å². The highest BCUT2D eigenvalue weighted by molar-refractivity contribution is 6.86. The van der Waals surface area contributed by atoms with E-state index < -0.39 is 50.3 Å². The summed E-state index contributed by atoms with van der Waals surface area (Å²) in [6.07, 6.45) is 0. The Kier molecular flexibility index (Phi) is 4.85. The zero-order valence-electron chi connectivity index (χ0n) is 12.3. The molecule has 1 aromatic rings. The Morgan fingerprint density at radius 1 is 0.600 bits per heavy atom. The Balaban J connectivity index is 3.76. The molecule has 0 N–H and O–H groups in total. The molecule has 0 saturated carbocycles. The lowest BCUT2D eigenvalue weighted by Gasteiger charge is -2.27. The molecule has 0 atom stereocenters. The fourth-order valence-electron chi connectivity index (χ4n) is 1.89. The number of hydrogen-bond donors (Lipinski definition) is 0. The van der Waals surface area contributed by atoms with Crippen LogP contribution in [0.2, 0.25) is 26.2 Å². The molecule has 0 fully saturated rings. The molecule has 20 heavy (non-hydrogen) atoms. The normalized spacial score (nSPS) is 12.9. The molecule has 0 bridgehead atoms. The minimum Gasteiger partial charge on any atom is -0.416 e. The van der Waals surface area contributed by atoms with Crippen LogP contribution in [0.3, 0.4) is 0 Å². The molecule has 0 saturated heterocycles. The third kappa shape index (κ3) is 2.69. The maximum Gasteiger partial charge on any atom is 0.224 e. The van der Waals surface area contributed by atoms with Gasteiger partial charge in [0.05, 0.1) is 0 Å². The first-order chi connectivity index (χ1) is 9.01. The largest absolute Gasteiger partial charge is 0.416 e. The van der Waals surface area contributed by atoms with Crippen molar-refractivity contribution >= 4 is 27.0 Å². The predicted molar refractivity (Wildman–Crippen MR) is 74.5 cm³/mol. The highest BCUT2D eigenvalue weighted by atomic mass is 28.4. The number of halogens is 4. The highest BCUT2D eigenvalue weighted by Gasteiger charge is 2.41. The Hall–Kier alpha value is -0.706. The van der Waals surface area contributed by atoms with E-state index in [9.17, 15) is 17.6 Å². The van der Waals surface area contributed by atoms with E-state index in [0.29, 0.717) is 0 Å². The molecule has 2 nitrogen and oxygen atoms in total. The molecule has 0 aliphatic carbocycles. The maximum atomic E-state index is 14.2.